The van der Waals surface area contributed by atoms with Crippen LogP contribution in [0.1, 0.15) is 6.04 Å². The average Bonchev–Trinajstić information content (AvgIpc) is 2.46. The first-order valence-electron chi connectivity index (χ1n) is 4.72. The summed E-state index contributed by atoms with van der Waals surface area (Å²) in [4.78, 5) is 12.2. The molecule has 7 nitrogen and oxygen atoms in total. The highest BCUT2D eigenvalue weighted by atomic mass is 15.2. The molecular formula is C8H11N7. The maximum atomic E-state index is 5.71. The zero-order valence-electron chi connectivity index (χ0n) is 8.01. The average molecular weight is 205 g/mol. The van der Waals surface area contributed by atoms with E-state index in [4.69, 9.17) is 11.5 Å². The molecule has 0 amide bonds. The van der Waals surface area contributed by atoms with Crippen LogP contribution >= 0.6 is 0 Å². The van der Waals surface area contributed by atoms with E-state index in [9.17, 15) is 0 Å². The fraction of sp³-hybridized carbons (Fsp3) is 0.375. The van der Waals surface area contributed by atoms with Gasteiger partial charge in [0.2, 0.25) is 5.95 Å². The number of nitrogens with one attached hydrogen (secondary N) is 1. The predicted molar refractivity (Wildman–Crippen MR) is 56.1 cm³/mol. The van der Waals surface area contributed by atoms with Crippen LogP contribution in [0.4, 0.5) is 11.8 Å². The number of aromatic nitrogens is 4. The highest BCUT2D eigenvalue weighted by Crippen LogP contribution is 2.22. The van der Waals surface area contributed by atoms with Gasteiger partial charge >= 0.3 is 0 Å². The van der Waals surface area contributed by atoms with Crippen LogP contribution in [-0.4, -0.2) is 32.6 Å². The molecule has 0 spiro atoms. The Morgan fingerprint density at radius 3 is 2.80 bits per heavy atom. The SMILES string of the molecule is Nc1nc(N)c2ncn(C3CNC3)c2n1. The van der Waals surface area contributed by atoms with Crippen molar-refractivity contribution in [2.75, 3.05) is 24.6 Å². The maximum absolute atomic E-state index is 5.71. The molecule has 2 aromatic rings. The molecule has 0 aromatic carbocycles. The van der Waals surface area contributed by atoms with Gasteiger partial charge in [0.05, 0.1) is 12.4 Å². The number of fused-ring (bicyclic) bond motifs is 1. The molecule has 78 valence electrons. The van der Waals surface area contributed by atoms with Crippen molar-refractivity contribution in [1.29, 1.82) is 0 Å². The summed E-state index contributed by atoms with van der Waals surface area (Å²) in [7, 11) is 0. The summed E-state index contributed by atoms with van der Waals surface area (Å²) in [6, 6.07) is 0.392. The Morgan fingerprint density at radius 1 is 1.33 bits per heavy atom. The molecule has 2 aromatic heterocycles. The number of anilines is 2. The summed E-state index contributed by atoms with van der Waals surface area (Å²) in [5, 5.41) is 3.19. The van der Waals surface area contributed by atoms with Crippen molar-refractivity contribution in [3.63, 3.8) is 0 Å². The van der Waals surface area contributed by atoms with Crippen molar-refractivity contribution in [1.82, 2.24) is 24.8 Å². The van der Waals surface area contributed by atoms with Crippen molar-refractivity contribution in [3.8, 4) is 0 Å². The van der Waals surface area contributed by atoms with Gasteiger partial charge in [-0.15, -0.1) is 0 Å². The van der Waals surface area contributed by atoms with Gasteiger partial charge in [0.15, 0.2) is 11.5 Å². The molecule has 0 unspecified atom stereocenters. The summed E-state index contributed by atoms with van der Waals surface area (Å²) >= 11 is 0. The van der Waals surface area contributed by atoms with Crippen LogP contribution in [0, 0.1) is 0 Å². The molecule has 3 heterocycles. The Kier molecular flexibility index (Phi) is 1.57. The predicted octanol–water partition coefficient (Wildman–Crippen LogP) is -0.865. The Labute approximate surface area is 85.5 Å². The first-order chi connectivity index (χ1) is 7.25. The smallest absolute Gasteiger partial charge is 0.224 e. The molecule has 0 atom stereocenters. The van der Waals surface area contributed by atoms with Crippen molar-refractivity contribution in [2.24, 2.45) is 0 Å². The van der Waals surface area contributed by atoms with E-state index in [1.807, 2.05) is 4.57 Å². The lowest BCUT2D eigenvalue weighted by atomic mass is 10.2. The van der Waals surface area contributed by atoms with E-state index in [0.29, 0.717) is 23.0 Å². The lowest BCUT2D eigenvalue weighted by Gasteiger charge is -2.28. The number of rotatable bonds is 1. The van der Waals surface area contributed by atoms with E-state index >= 15 is 0 Å². The van der Waals surface area contributed by atoms with Gasteiger partial charge in [-0.2, -0.15) is 9.97 Å². The number of nitrogen functional groups attached to an aromatic ring is 2. The second-order valence-electron chi connectivity index (χ2n) is 3.60. The number of nitrogens with two attached hydrogens (primary N) is 2. The van der Waals surface area contributed by atoms with Crippen LogP contribution in [0.5, 0.6) is 0 Å². The van der Waals surface area contributed by atoms with Crippen LogP contribution in [0.3, 0.4) is 0 Å². The number of nitrogens with zero attached hydrogens (tertiary/aromatic N) is 4. The number of hydrogen-bond acceptors (Lipinski definition) is 6. The normalized spacial score (nSPS) is 16.8. The van der Waals surface area contributed by atoms with Crippen LogP contribution < -0.4 is 16.8 Å². The van der Waals surface area contributed by atoms with Gasteiger partial charge in [-0.1, -0.05) is 0 Å². The monoisotopic (exact) mass is 205 g/mol. The minimum Gasteiger partial charge on any atom is -0.382 e. The summed E-state index contributed by atoms with van der Waals surface area (Å²) in [6.07, 6.45) is 1.74. The maximum Gasteiger partial charge on any atom is 0.224 e. The third kappa shape index (κ3) is 1.13. The topological polar surface area (TPSA) is 108 Å². The molecule has 1 saturated heterocycles. The third-order valence-electron chi connectivity index (χ3n) is 2.62. The van der Waals surface area contributed by atoms with Crippen molar-refractivity contribution >= 4 is 22.9 Å². The third-order valence-corrected chi connectivity index (χ3v) is 2.62. The molecule has 1 fully saturated rings. The Balaban J connectivity index is 2.23. The van der Waals surface area contributed by atoms with Gasteiger partial charge in [-0.25, -0.2) is 4.98 Å². The first-order valence-corrected chi connectivity index (χ1v) is 4.72. The summed E-state index contributed by atoms with van der Waals surface area (Å²) in [5.74, 6) is 0.526. The van der Waals surface area contributed by atoms with E-state index in [2.05, 4.69) is 20.3 Å². The number of imidazole rings is 1. The Morgan fingerprint density at radius 2 is 2.13 bits per heavy atom. The second-order valence-corrected chi connectivity index (χ2v) is 3.60. The van der Waals surface area contributed by atoms with E-state index in [1.54, 1.807) is 6.33 Å². The summed E-state index contributed by atoms with van der Waals surface area (Å²) in [6.45, 7) is 1.85. The van der Waals surface area contributed by atoms with E-state index < -0.39 is 0 Å². The largest absolute Gasteiger partial charge is 0.382 e. The lowest BCUT2D eigenvalue weighted by molar-refractivity contribution is 0.349. The molecule has 7 heteroatoms. The van der Waals surface area contributed by atoms with Gasteiger partial charge in [0, 0.05) is 13.1 Å². The van der Waals surface area contributed by atoms with Crippen molar-refractivity contribution in [3.05, 3.63) is 6.33 Å². The highest BCUT2D eigenvalue weighted by molar-refractivity contribution is 5.82. The van der Waals surface area contributed by atoms with Gasteiger partial charge in [0.25, 0.3) is 0 Å². The number of hydrogen-bond donors (Lipinski definition) is 3. The molecule has 0 saturated carbocycles. The van der Waals surface area contributed by atoms with Crippen LogP contribution in [0.25, 0.3) is 11.2 Å². The Hall–Kier alpha value is -1.89. The molecule has 3 rings (SSSR count). The van der Waals surface area contributed by atoms with E-state index in [1.165, 1.54) is 0 Å². The fourth-order valence-corrected chi connectivity index (χ4v) is 1.69. The lowest BCUT2D eigenvalue weighted by Crippen LogP contribution is -2.43. The zero-order valence-corrected chi connectivity index (χ0v) is 8.01. The summed E-state index contributed by atoms with van der Waals surface area (Å²) in [5.41, 5.74) is 12.6. The molecule has 1 aliphatic rings. The standard InChI is InChI=1S/C8H11N7/c9-6-5-7(14-8(10)13-6)15(3-12-5)4-1-11-2-4/h3-4,11H,1-2H2,(H4,9,10,13,14). The van der Waals surface area contributed by atoms with Gasteiger partial charge in [-0.05, 0) is 0 Å². The summed E-state index contributed by atoms with van der Waals surface area (Å²) < 4.78 is 1.99. The minimum atomic E-state index is 0.189. The van der Waals surface area contributed by atoms with Crippen molar-refractivity contribution < 1.29 is 0 Å². The molecule has 0 radical (unpaired) electrons. The van der Waals surface area contributed by atoms with Gasteiger partial charge in [0.1, 0.15) is 5.52 Å². The van der Waals surface area contributed by atoms with Gasteiger partial charge in [-0.3, -0.25) is 0 Å². The van der Waals surface area contributed by atoms with Crippen LogP contribution in [0.2, 0.25) is 0 Å². The van der Waals surface area contributed by atoms with Crippen LogP contribution in [0.15, 0.2) is 6.33 Å². The molecule has 5 N–H and O–H groups in total. The van der Waals surface area contributed by atoms with E-state index in [0.717, 1.165) is 13.1 Å². The minimum absolute atomic E-state index is 0.189. The quantitative estimate of drug-likeness (QED) is 0.559. The first kappa shape index (κ1) is 8.42. The van der Waals surface area contributed by atoms with Crippen LogP contribution in [-0.2, 0) is 0 Å². The molecule has 1 aliphatic heterocycles. The molecular weight excluding hydrogens is 194 g/mol. The highest BCUT2D eigenvalue weighted by Gasteiger charge is 2.22. The van der Waals surface area contributed by atoms with Gasteiger partial charge < -0.3 is 21.4 Å². The Bertz CT molecular complexity index is 513. The fourth-order valence-electron chi connectivity index (χ4n) is 1.69. The molecule has 0 bridgehead atoms. The zero-order chi connectivity index (χ0) is 10.4. The molecule has 15 heavy (non-hydrogen) atoms. The van der Waals surface area contributed by atoms with Crippen molar-refractivity contribution in [2.45, 2.75) is 6.04 Å². The second kappa shape index (κ2) is 2.80. The molecule has 0 aliphatic carbocycles. The van der Waals surface area contributed by atoms with E-state index in [-0.39, 0.29) is 5.95 Å².